The van der Waals surface area contributed by atoms with E-state index in [1.54, 1.807) is 0 Å². The molecular formula is C9H20N4. The summed E-state index contributed by atoms with van der Waals surface area (Å²) >= 11 is 0. The minimum Gasteiger partial charge on any atom is -0.353 e. The molecular weight excluding hydrogens is 164 g/mol. The number of nitrogens with two attached hydrogens (primary N) is 1. The topological polar surface area (TPSA) is 62.4 Å². The number of nitrogens with zero attached hydrogens (tertiary/aromatic N) is 1. The third-order valence-corrected chi connectivity index (χ3v) is 2.28. The van der Waals surface area contributed by atoms with Crippen molar-refractivity contribution < 1.29 is 0 Å². The number of aliphatic imine (C=N–C) groups is 1. The molecule has 0 atom stereocenters. The van der Waals surface area contributed by atoms with Crippen LogP contribution in [0.2, 0.25) is 0 Å². The van der Waals surface area contributed by atoms with Crippen molar-refractivity contribution in [2.24, 2.45) is 16.3 Å². The predicted octanol–water partition coefficient (Wildman–Crippen LogP) is 0.604. The van der Waals surface area contributed by atoms with Gasteiger partial charge in [0.05, 0.1) is 0 Å². The summed E-state index contributed by atoms with van der Waals surface area (Å²) in [7, 11) is 0. The first kappa shape index (κ1) is 10.3. The van der Waals surface area contributed by atoms with Crippen LogP contribution in [0.3, 0.4) is 0 Å². The Bertz CT molecular complexity index is 194. The molecule has 4 N–H and O–H groups in total. The van der Waals surface area contributed by atoms with Gasteiger partial charge in [-0.15, -0.1) is 0 Å². The fraction of sp³-hybridized carbons (Fsp3) is 0.889. The minimum atomic E-state index is 0.363. The lowest BCUT2D eigenvalue weighted by atomic mass is 10.1. The SMILES string of the molecule is CC(C)NC(=NCC1(C)CC1)NN. The number of hydrogen-bond donors (Lipinski definition) is 3. The zero-order chi connectivity index (χ0) is 9.90. The van der Waals surface area contributed by atoms with Gasteiger partial charge in [0, 0.05) is 12.6 Å². The summed E-state index contributed by atoms with van der Waals surface area (Å²) in [6, 6.07) is 0.363. The second kappa shape index (κ2) is 3.96. The van der Waals surface area contributed by atoms with Crippen molar-refractivity contribution >= 4 is 5.96 Å². The molecule has 0 bridgehead atoms. The number of hydrazine groups is 1. The van der Waals surface area contributed by atoms with Gasteiger partial charge >= 0.3 is 0 Å². The fourth-order valence-corrected chi connectivity index (χ4v) is 1.05. The first-order valence-electron chi connectivity index (χ1n) is 4.83. The Hall–Kier alpha value is -0.770. The van der Waals surface area contributed by atoms with E-state index in [1.165, 1.54) is 12.8 Å². The largest absolute Gasteiger partial charge is 0.353 e. The van der Waals surface area contributed by atoms with Crippen molar-refractivity contribution in [3.63, 3.8) is 0 Å². The van der Waals surface area contributed by atoms with Crippen molar-refractivity contribution in [2.75, 3.05) is 6.54 Å². The monoisotopic (exact) mass is 184 g/mol. The normalized spacial score (nSPS) is 20.2. The predicted molar refractivity (Wildman–Crippen MR) is 55.2 cm³/mol. The average Bonchev–Trinajstić information content (AvgIpc) is 2.77. The Morgan fingerprint density at radius 1 is 1.54 bits per heavy atom. The van der Waals surface area contributed by atoms with Gasteiger partial charge in [-0.05, 0) is 32.1 Å². The first-order valence-corrected chi connectivity index (χ1v) is 4.83. The van der Waals surface area contributed by atoms with Crippen molar-refractivity contribution in [2.45, 2.75) is 39.7 Å². The molecule has 0 aromatic rings. The smallest absolute Gasteiger partial charge is 0.205 e. The third kappa shape index (κ3) is 3.63. The van der Waals surface area contributed by atoms with Crippen LogP contribution in [-0.2, 0) is 0 Å². The minimum absolute atomic E-state index is 0.363. The summed E-state index contributed by atoms with van der Waals surface area (Å²) < 4.78 is 0. The molecule has 1 aliphatic rings. The maximum Gasteiger partial charge on any atom is 0.205 e. The molecule has 0 radical (unpaired) electrons. The Morgan fingerprint density at radius 2 is 2.15 bits per heavy atom. The maximum atomic E-state index is 5.33. The van der Waals surface area contributed by atoms with Gasteiger partial charge < -0.3 is 5.32 Å². The van der Waals surface area contributed by atoms with Crippen LogP contribution in [0.15, 0.2) is 4.99 Å². The lowest BCUT2D eigenvalue weighted by Crippen LogP contribution is -2.44. The van der Waals surface area contributed by atoms with Crippen molar-refractivity contribution in [1.82, 2.24) is 10.7 Å². The van der Waals surface area contributed by atoms with Crippen LogP contribution < -0.4 is 16.6 Å². The van der Waals surface area contributed by atoms with E-state index < -0.39 is 0 Å². The molecule has 0 aliphatic heterocycles. The molecule has 1 rings (SSSR count). The number of rotatable bonds is 3. The highest BCUT2D eigenvalue weighted by molar-refractivity contribution is 5.79. The summed E-state index contributed by atoms with van der Waals surface area (Å²) in [6.45, 7) is 7.24. The van der Waals surface area contributed by atoms with Gasteiger partial charge in [0.15, 0.2) is 0 Å². The van der Waals surface area contributed by atoms with Gasteiger partial charge in [0.2, 0.25) is 5.96 Å². The van der Waals surface area contributed by atoms with Crippen LogP contribution in [0.5, 0.6) is 0 Å². The number of hydrogen-bond acceptors (Lipinski definition) is 2. The summed E-state index contributed by atoms with van der Waals surface area (Å²) in [5, 5.41) is 3.14. The molecule has 0 spiro atoms. The second-order valence-corrected chi connectivity index (χ2v) is 4.42. The molecule has 0 aromatic carbocycles. The van der Waals surface area contributed by atoms with Crippen LogP contribution in [0.1, 0.15) is 33.6 Å². The maximum absolute atomic E-state index is 5.33. The highest BCUT2D eigenvalue weighted by Crippen LogP contribution is 2.44. The average molecular weight is 184 g/mol. The summed E-state index contributed by atoms with van der Waals surface area (Å²) in [4.78, 5) is 4.39. The Balaban J connectivity index is 2.35. The van der Waals surface area contributed by atoms with E-state index in [-0.39, 0.29) is 0 Å². The summed E-state index contributed by atoms with van der Waals surface area (Å²) in [6.07, 6.45) is 2.58. The lowest BCUT2D eigenvalue weighted by Gasteiger charge is -2.13. The van der Waals surface area contributed by atoms with Crippen molar-refractivity contribution in [3.8, 4) is 0 Å². The Morgan fingerprint density at radius 3 is 2.54 bits per heavy atom. The first-order chi connectivity index (χ1) is 6.06. The zero-order valence-corrected chi connectivity index (χ0v) is 8.72. The Labute approximate surface area is 80.0 Å². The molecule has 0 heterocycles. The Kier molecular flexibility index (Phi) is 3.14. The van der Waals surface area contributed by atoms with E-state index in [4.69, 9.17) is 5.84 Å². The standard InChI is InChI=1S/C9H20N4/c1-7(2)12-8(13-10)11-6-9(3)4-5-9/h7H,4-6,10H2,1-3H3,(H2,11,12,13). The molecule has 4 heteroatoms. The molecule has 0 unspecified atom stereocenters. The van der Waals surface area contributed by atoms with Crippen LogP contribution >= 0.6 is 0 Å². The van der Waals surface area contributed by atoms with E-state index in [9.17, 15) is 0 Å². The molecule has 0 saturated heterocycles. The van der Waals surface area contributed by atoms with E-state index in [0.29, 0.717) is 17.4 Å². The van der Waals surface area contributed by atoms with Crippen LogP contribution in [-0.4, -0.2) is 18.5 Å². The van der Waals surface area contributed by atoms with Gasteiger partial charge in [-0.25, -0.2) is 5.84 Å². The van der Waals surface area contributed by atoms with E-state index in [0.717, 1.165) is 6.54 Å². The van der Waals surface area contributed by atoms with Gasteiger partial charge in [-0.1, -0.05) is 6.92 Å². The third-order valence-electron chi connectivity index (χ3n) is 2.28. The summed E-state index contributed by atoms with van der Waals surface area (Å²) in [5.74, 6) is 6.02. The molecule has 0 amide bonds. The quantitative estimate of drug-likeness (QED) is 0.260. The lowest BCUT2D eigenvalue weighted by molar-refractivity contribution is 0.582. The van der Waals surface area contributed by atoms with Crippen LogP contribution in [0.25, 0.3) is 0 Å². The van der Waals surface area contributed by atoms with Crippen molar-refractivity contribution in [3.05, 3.63) is 0 Å². The highest BCUT2D eigenvalue weighted by Gasteiger charge is 2.36. The van der Waals surface area contributed by atoms with Gasteiger partial charge in [-0.2, -0.15) is 0 Å². The highest BCUT2D eigenvalue weighted by atomic mass is 15.3. The van der Waals surface area contributed by atoms with Crippen LogP contribution in [0, 0.1) is 5.41 Å². The summed E-state index contributed by atoms with van der Waals surface area (Å²) in [5.41, 5.74) is 3.02. The van der Waals surface area contributed by atoms with Gasteiger partial charge in [0.1, 0.15) is 0 Å². The molecule has 1 saturated carbocycles. The van der Waals surface area contributed by atoms with Gasteiger partial charge in [-0.3, -0.25) is 10.4 Å². The molecule has 1 fully saturated rings. The molecule has 0 aromatic heterocycles. The molecule has 1 aliphatic carbocycles. The molecule has 4 nitrogen and oxygen atoms in total. The zero-order valence-electron chi connectivity index (χ0n) is 8.72. The molecule has 76 valence electrons. The fourth-order valence-electron chi connectivity index (χ4n) is 1.05. The van der Waals surface area contributed by atoms with Gasteiger partial charge in [0.25, 0.3) is 0 Å². The van der Waals surface area contributed by atoms with Crippen molar-refractivity contribution in [1.29, 1.82) is 0 Å². The number of nitrogens with one attached hydrogen (secondary N) is 2. The molecule has 13 heavy (non-hydrogen) atoms. The van der Waals surface area contributed by atoms with E-state index in [1.807, 2.05) is 0 Å². The van der Waals surface area contributed by atoms with Crippen LogP contribution in [0.4, 0.5) is 0 Å². The second-order valence-electron chi connectivity index (χ2n) is 4.42. The van der Waals surface area contributed by atoms with E-state index >= 15 is 0 Å². The number of guanidine groups is 1. The van der Waals surface area contributed by atoms with E-state index in [2.05, 4.69) is 36.5 Å².